The molecule has 6 nitrogen and oxygen atoms in total. The molecule has 2 heterocycles. The number of hydrogen-bond donors (Lipinski definition) is 0. The van der Waals surface area contributed by atoms with E-state index in [0.29, 0.717) is 12.5 Å². The molecule has 6 heteroatoms. The first kappa shape index (κ1) is 17.8. The Kier molecular flexibility index (Phi) is 4.80. The van der Waals surface area contributed by atoms with E-state index in [1.807, 2.05) is 27.7 Å². The lowest BCUT2D eigenvalue weighted by Crippen LogP contribution is -2.55. The Morgan fingerprint density at radius 3 is 2.52 bits per heavy atom. The molecule has 2 fully saturated rings. The molecular weight excluding hydrogens is 318 g/mol. The molecule has 0 unspecified atom stereocenters. The van der Waals surface area contributed by atoms with Crippen LogP contribution in [0.4, 0.5) is 10.6 Å². The molecule has 0 N–H and O–H groups in total. The lowest BCUT2D eigenvalue weighted by molar-refractivity contribution is 0.0158. The second-order valence-electron chi connectivity index (χ2n) is 8.01. The number of piperazine rings is 1. The molecule has 1 aromatic heterocycles. The number of rotatable bonds is 3. The zero-order valence-electron chi connectivity index (χ0n) is 15.9. The van der Waals surface area contributed by atoms with Gasteiger partial charge >= 0.3 is 6.09 Å². The maximum Gasteiger partial charge on any atom is 0.410 e. The van der Waals surface area contributed by atoms with Crippen molar-refractivity contribution in [2.45, 2.75) is 58.1 Å². The molecule has 0 radical (unpaired) electrons. The van der Waals surface area contributed by atoms with Gasteiger partial charge in [0.1, 0.15) is 11.4 Å². The summed E-state index contributed by atoms with van der Waals surface area (Å²) >= 11 is 0. The molecule has 1 aliphatic carbocycles. The molecule has 25 heavy (non-hydrogen) atoms. The van der Waals surface area contributed by atoms with Crippen molar-refractivity contribution in [3.05, 3.63) is 17.7 Å². The van der Waals surface area contributed by atoms with Gasteiger partial charge in [-0.25, -0.2) is 4.79 Å². The van der Waals surface area contributed by atoms with Crippen LogP contribution >= 0.6 is 0 Å². The Balaban J connectivity index is 1.67. The van der Waals surface area contributed by atoms with Crippen LogP contribution in [-0.2, 0) is 4.74 Å². The van der Waals surface area contributed by atoms with E-state index in [0.717, 1.165) is 24.8 Å². The van der Waals surface area contributed by atoms with Gasteiger partial charge in [-0.3, -0.25) is 0 Å². The topological polar surface area (TPSA) is 54.9 Å². The van der Waals surface area contributed by atoms with Crippen molar-refractivity contribution < 1.29 is 14.3 Å². The summed E-state index contributed by atoms with van der Waals surface area (Å²) in [6.07, 6.45) is 2.21. The average molecular weight is 347 g/mol. The van der Waals surface area contributed by atoms with Gasteiger partial charge in [-0.15, -0.1) is 0 Å². The van der Waals surface area contributed by atoms with Gasteiger partial charge in [0.25, 0.3) is 0 Å². The highest BCUT2D eigenvalue weighted by atomic mass is 16.6. The van der Waals surface area contributed by atoms with Crippen LogP contribution in [0.1, 0.15) is 52.0 Å². The third-order valence-corrected chi connectivity index (χ3v) is 4.67. The Morgan fingerprint density at radius 2 is 1.96 bits per heavy atom. The van der Waals surface area contributed by atoms with Crippen LogP contribution < -0.4 is 9.64 Å². The molecule has 1 saturated heterocycles. The summed E-state index contributed by atoms with van der Waals surface area (Å²) in [5, 5.41) is 0. The van der Waals surface area contributed by atoms with Crippen molar-refractivity contribution in [1.82, 2.24) is 9.88 Å². The molecule has 1 aromatic rings. The maximum atomic E-state index is 12.3. The third-order valence-electron chi connectivity index (χ3n) is 4.67. The number of ether oxygens (including phenoxy) is 2. The van der Waals surface area contributed by atoms with Gasteiger partial charge in [0, 0.05) is 31.2 Å². The van der Waals surface area contributed by atoms with E-state index in [1.54, 1.807) is 12.0 Å². The smallest absolute Gasteiger partial charge is 0.410 e. The summed E-state index contributed by atoms with van der Waals surface area (Å²) in [6.45, 7) is 9.83. The first-order chi connectivity index (χ1) is 11.8. The highest BCUT2D eigenvalue weighted by molar-refractivity contribution is 5.69. The predicted molar refractivity (Wildman–Crippen MR) is 97.4 cm³/mol. The van der Waals surface area contributed by atoms with Gasteiger partial charge in [-0.05, 0) is 58.6 Å². The number of carbonyl (C=O) groups excluding carboxylic acids is 1. The van der Waals surface area contributed by atoms with Crippen molar-refractivity contribution in [2.24, 2.45) is 0 Å². The minimum atomic E-state index is -0.471. The van der Waals surface area contributed by atoms with Crippen molar-refractivity contribution in [2.75, 3.05) is 31.6 Å². The quantitative estimate of drug-likeness (QED) is 0.839. The fourth-order valence-electron chi connectivity index (χ4n) is 3.24. The van der Waals surface area contributed by atoms with Gasteiger partial charge in [0.2, 0.25) is 5.88 Å². The molecule has 0 spiro atoms. The van der Waals surface area contributed by atoms with E-state index in [9.17, 15) is 4.79 Å². The largest absolute Gasteiger partial charge is 0.481 e. The number of methoxy groups -OCH3 is 1. The minimum absolute atomic E-state index is 0.0690. The monoisotopic (exact) mass is 347 g/mol. The molecule has 1 aliphatic heterocycles. The van der Waals surface area contributed by atoms with Crippen molar-refractivity contribution in [1.29, 1.82) is 0 Å². The van der Waals surface area contributed by atoms with Gasteiger partial charge in [0.05, 0.1) is 7.11 Å². The molecule has 138 valence electrons. The number of anilines is 1. The molecule has 1 atom stereocenters. The summed E-state index contributed by atoms with van der Waals surface area (Å²) in [5.74, 6) is 2.26. The number of nitrogens with zero attached hydrogens (tertiary/aromatic N) is 3. The highest BCUT2D eigenvalue weighted by Crippen LogP contribution is 2.44. The van der Waals surface area contributed by atoms with Crippen LogP contribution in [0.5, 0.6) is 5.88 Å². The van der Waals surface area contributed by atoms with E-state index in [-0.39, 0.29) is 12.1 Å². The van der Waals surface area contributed by atoms with Gasteiger partial charge < -0.3 is 19.3 Å². The van der Waals surface area contributed by atoms with E-state index < -0.39 is 5.60 Å². The third kappa shape index (κ3) is 4.17. The first-order valence-corrected chi connectivity index (χ1v) is 9.08. The summed E-state index contributed by atoms with van der Waals surface area (Å²) in [4.78, 5) is 21.1. The molecule has 1 amide bonds. The second kappa shape index (κ2) is 6.73. The number of amides is 1. The zero-order valence-corrected chi connectivity index (χ0v) is 15.9. The molecule has 0 bridgehead atoms. The second-order valence-corrected chi connectivity index (χ2v) is 8.01. The fraction of sp³-hybridized carbons (Fsp3) is 0.684. The fourth-order valence-corrected chi connectivity index (χ4v) is 3.24. The Labute approximate surface area is 150 Å². The van der Waals surface area contributed by atoms with Crippen molar-refractivity contribution in [3.8, 4) is 5.88 Å². The van der Waals surface area contributed by atoms with Crippen LogP contribution in [-0.4, -0.2) is 54.4 Å². The highest BCUT2D eigenvalue weighted by Gasteiger charge is 2.32. The van der Waals surface area contributed by atoms with Crippen LogP contribution in [0.2, 0.25) is 0 Å². The number of pyridine rings is 1. The molecule has 3 rings (SSSR count). The van der Waals surface area contributed by atoms with E-state index in [2.05, 4.69) is 17.0 Å². The SMILES string of the molecule is COc1nc(N2CCN(C(=O)OC(C)(C)C)[C@H](C)C2)ccc1C1CC1. The first-order valence-electron chi connectivity index (χ1n) is 9.08. The zero-order chi connectivity index (χ0) is 18.2. The van der Waals surface area contributed by atoms with E-state index >= 15 is 0 Å². The Morgan fingerprint density at radius 1 is 1.24 bits per heavy atom. The van der Waals surface area contributed by atoms with Crippen molar-refractivity contribution >= 4 is 11.9 Å². The summed E-state index contributed by atoms with van der Waals surface area (Å²) in [5.41, 5.74) is 0.744. The summed E-state index contributed by atoms with van der Waals surface area (Å²) in [6, 6.07) is 4.29. The maximum absolute atomic E-state index is 12.3. The minimum Gasteiger partial charge on any atom is -0.481 e. The summed E-state index contributed by atoms with van der Waals surface area (Å²) in [7, 11) is 1.68. The predicted octanol–water partition coefficient (Wildman–Crippen LogP) is 3.41. The van der Waals surface area contributed by atoms with Gasteiger partial charge in [-0.2, -0.15) is 4.98 Å². The molecule has 2 aliphatic rings. The van der Waals surface area contributed by atoms with Crippen LogP contribution in [0.15, 0.2) is 12.1 Å². The number of aromatic nitrogens is 1. The normalized spacial score (nSPS) is 21.2. The standard InChI is InChI=1S/C19H29N3O3/c1-13-12-21(10-11-22(13)18(23)25-19(2,3)4)16-9-8-15(14-6-7-14)17(20-16)24-5/h8-9,13-14H,6-7,10-12H2,1-5H3/t13-/m1/s1. The van der Waals surface area contributed by atoms with Crippen LogP contribution in [0.3, 0.4) is 0 Å². The van der Waals surface area contributed by atoms with Crippen molar-refractivity contribution in [3.63, 3.8) is 0 Å². The lowest BCUT2D eigenvalue weighted by atomic mass is 10.1. The Bertz CT molecular complexity index is 637. The average Bonchev–Trinajstić information content (AvgIpc) is 3.37. The van der Waals surface area contributed by atoms with Crippen LogP contribution in [0.25, 0.3) is 0 Å². The van der Waals surface area contributed by atoms with E-state index in [1.165, 1.54) is 18.4 Å². The number of hydrogen-bond acceptors (Lipinski definition) is 5. The molecule has 1 saturated carbocycles. The van der Waals surface area contributed by atoms with Gasteiger partial charge in [0.15, 0.2) is 0 Å². The molecule has 0 aromatic carbocycles. The number of carbonyl (C=O) groups is 1. The van der Waals surface area contributed by atoms with E-state index in [4.69, 9.17) is 14.5 Å². The lowest BCUT2D eigenvalue weighted by Gasteiger charge is -2.40. The van der Waals surface area contributed by atoms with Gasteiger partial charge in [-0.1, -0.05) is 0 Å². The van der Waals surface area contributed by atoms with Crippen LogP contribution in [0, 0.1) is 0 Å². The summed E-state index contributed by atoms with van der Waals surface area (Å²) < 4.78 is 11.0. The Hall–Kier alpha value is -1.98. The molecular formula is C19H29N3O3.